The molecule has 3 heteroatoms. The van der Waals surface area contributed by atoms with Gasteiger partial charge in [-0.3, -0.25) is 0 Å². The van der Waals surface area contributed by atoms with Crippen molar-refractivity contribution in [3.8, 4) is 0 Å². The standard InChI is InChI=1S/C26H27O2P/c1-2-3-7-20-25(21-26(27)28)29(22-14-8-4-9-15-22,23-16-10-5-11-17-23)24-18-12-6-13-19-24/h4-6,8-19,21H,2-3,7,20H2,1H3/p+1/b25-21-. The SMILES string of the molecule is CCCCC/C(=C/C(=O)O)[P+](c1ccccc1)(c1ccccc1)c1ccccc1. The van der Waals surface area contributed by atoms with E-state index in [0.29, 0.717) is 0 Å². The molecule has 0 aliphatic rings. The molecule has 0 spiro atoms. The minimum atomic E-state index is -2.28. The smallest absolute Gasteiger partial charge is 0.331 e. The number of allylic oxidation sites excluding steroid dienone is 1. The van der Waals surface area contributed by atoms with Crippen LogP contribution in [0.2, 0.25) is 0 Å². The van der Waals surface area contributed by atoms with Crippen molar-refractivity contribution >= 4 is 29.1 Å². The van der Waals surface area contributed by atoms with Crippen LogP contribution in [0.5, 0.6) is 0 Å². The van der Waals surface area contributed by atoms with Gasteiger partial charge in [-0.05, 0) is 42.8 Å². The molecule has 2 nitrogen and oxygen atoms in total. The Morgan fingerprint density at radius 3 is 1.52 bits per heavy atom. The van der Waals surface area contributed by atoms with Gasteiger partial charge in [0, 0.05) is 6.42 Å². The summed E-state index contributed by atoms with van der Waals surface area (Å²) in [6.45, 7) is 2.18. The number of rotatable bonds is 9. The van der Waals surface area contributed by atoms with Crippen LogP contribution in [-0.2, 0) is 4.79 Å². The third-order valence-corrected chi connectivity index (χ3v) is 9.62. The summed E-state index contributed by atoms with van der Waals surface area (Å²) in [5, 5.41) is 14.4. The molecule has 148 valence electrons. The maximum atomic E-state index is 11.9. The van der Waals surface area contributed by atoms with Crippen LogP contribution in [0.3, 0.4) is 0 Å². The van der Waals surface area contributed by atoms with E-state index < -0.39 is 13.2 Å². The molecular formula is C26H28O2P+. The highest BCUT2D eigenvalue weighted by Gasteiger charge is 2.49. The van der Waals surface area contributed by atoms with E-state index in [2.05, 4.69) is 79.7 Å². The van der Waals surface area contributed by atoms with Crippen LogP contribution in [-0.4, -0.2) is 11.1 Å². The Bertz CT molecular complexity index is 838. The molecule has 29 heavy (non-hydrogen) atoms. The van der Waals surface area contributed by atoms with Gasteiger partial charge in [0.2, 0.25) is 0 Å². The van der Waals surface area contributed by atoms with Crippen molar-refractivity contribution in [2.75, 3.05) is 0 Å². The second-order valence-electron chi connectivity index (χ2n) is 7.11. The zero-order valence-corrected chi connectivity index (χ0v) is 17.8. The van der Waals surface area contributed by atoms with E-state index in [9.17, 15) is 9.90 Å². The van der Waals surface area contributed by atoms with Crippen LogP contribution in [0.1, 0.15) is 32.6 Å². The van der Waals surface area contributed by atoms with Gasteiger partial charge in [0.15, 0.2) is 0 Å². The average Bonchev–Trinajstić information content (AvgIpc) is 2.76. The molecule has 0 saturated carbocycles. The lowest BCUT2D eigenvalue weighted by atomic mass is 10.2. The van der Waals surface area contributed by atoms with E-state index in [1.807, 2.05) is 18.2 Å². The van der Waals surface area contributed by atoms with Gasteiger partial charge < -0.3 is 5.11 Å². The van der Waals surface area contributed by atoms with E-state index >= 15 is 0 Å². The van der Waals surface area contributed by atoms with Crippen molar-refractivity contribution in [3.63, 3.8) is 0 Å². The van der Waals surface area contributed by atoms with E-state index in [0.717, 1.165) is 31.0 Å². The first-order chi connectivity index (χ1) is 14.2. The molecule has 0 saturated heterocycles. The number of hydrogen-bond acceptors (Lipinski definition) is 1. The zero-order chi connectivity index (χ0) is 20.5. The fourth-order valence-corrected chi connectivity index (χ4v) is 8.48. The monoisotopic (exact) mass is 403 g/mol. The Kier molecular flexibility index (Phi) is 7.38. The van der Waals surface area contributed by atoms with Gasteiger partial charge in [0.05, 0.1) is 11.4 Å². The van der Waals surface area contributed by atoms with E-state index in [4.69, 9.17) is 0 Å². The summed E-state index contributed by atoms with van der Waals surface area (Å²) in [6.07, 6.45) is 5.45. The van der Waals surface area contributed by atoms with Gasteiger partial charge in [0.25, 0.3) is 0 Å². The molecule has 3 aromatic rings. The topological polar surface area (TPSA) is 37.3 Å². The van der Waals surface area contributed by atoms with E-state index in [-0.39, 0.29) is 0 Å². The maximum absolute atomic E-state index is 11.9. The molecule has 0 bridgehead atoms. The highest BCUT2D eigenvalue weighted by atomic mass is 31.2. The molecule has 0 aromatic heterocycles. The first kappa shape index (κ1) is 21.0. The van der Waals surface area contributed by atoms with Crippen molar-refractivity contribution in [1.82, 2.24) is 0 Å². The number of carboxylic acids is 1. The molecule has 0 aliphatic carbocycles. The fourth-order valence-electron chi connectivity index (χ4n) is 3.93. The molecule has 3 aromatic carbocycles. The van der Waals surface area contributed by atoms with Gasteiger partial charge in [-0.25, -0.2) is 4.79 Å². The number of carboxylic acid groups (broad SMARTS) is 1. The number of hydrogen-bond donors (Lipinski definition) is 1. The van der Waals surface area contributed by atoms with Gasteiger partial charge in [-0.15, -0.1) is 0 Å². The molecule has 0 atom stereocenters. The summed E-state index contributed by atoms with van der Waals surface area (Å²) in [4.78, 5) is 11.9. The largest absolute Gasteiger partial charge is 0.478 e. The summed E-state index contributed by atoms with van der Waals surface area (Å²) in [6, 6.07) is 31.3. The molecular weight excluding hydrogens is 375 g/mol. The normalized spacial score (nSPS) is 12.0. The van der Waals surface area contributed by atoms with Gasteiger partial charge >= 0.3 is 5.97 Å². The lowest BCUT2D eigenvalue weighted by Crippen LogP contribution is -2.32. The van der Waals surface area contributed by atoms with Crippen LogP contribution in [0.25, 0.3) is 0 Å². The number of aliphatic carboxylic acids is 1. The molecule has 1 N–H and O–H groups in total. The third kappa shape index (κ3) is 4.66. The summed E-state index contributed by atoms with van der Waals surface area (Å²) >= 11 is 0. The first-order valence-electron chi connectivity index (χ1n) is 10.2. The number of unbranched alkanes of at least 4 members (excludes halogenated alkanes) is 2. The summed E-state index contributed by atoms with van der Waals surface area (Å²) in [5.74, 6) is -0.872. The maximum Gasteiger partial charge on any atom is 0.331 e. The quantitative estimate of drug-likeness (QED) is 0.290. The highest BCUT2D eigenvalue weighted by Crippen LogP contribution is 2.63. The first-order valence-corrected chi connectivity index (χ1v) is 12.0. The highest BCUT2D eigenvalue weighted by molar-refractivity contribution is 7.99. The van der Waals surface area contributed by atoms with Crippen LogP contribution in [0.15, 0.2) is 102 Å². The minimum Gasteiger partial charge on any atom is -0.478 e. The van der Waals surface area contributed by atoms with Crippen molar-refractivity contribution in [1.29, 1.82) is 0 Å². The predicted molar refractivity (Wildman–Crippen MR) is 125 cm³/mol. The molecule has 0 aliphatic heterocycles. The summed E-state index contributed by atoms with van der Waals surface area (Å²) < 4.78 is 0. The second kappa shape index (κ2) is 10.2. The van der Waals surface area contributed by atoms with Crippen molar-refractivity contribution < 1.29 is 9.90 Å². The van der Waals surface area contributed by atoms with Crippen molar-refractivity contribution in [3.05, 3.63) is 102 Å². The molecule has 3 rings (SSSR count). The fraction of sp³-hybridized carbons (Fsp3) is 0.192. The van der Waals surface area contributed by atoms with Crippen LogP contribution in [0.4, 0.5) is 0 Å². The molecule has 0 amide bonds. The van der Waals surface area contributed by atoms with E-state index in [1.54, 1.807) is 0 Å². The summed E-state index contributed by atoms with van der Waals surface area (Å²) in [5.41, 5.74) is 0. The Hall–Kier alpha value is -2.70. The van der Waals surface area contributed by atoms with Crippen molar-refractivity contribution in [2.45, 2.75) is 32.6 Å². The Balaban J connectivity index is 2.36. The lowest BCUT2D eigenvalue weighted by molar-refractivity contribution is -0.131. The molecule has 0 heterocycles. The van der Waals surface area contributed by atoms with Gasteiger partial charge in [0.1, 0.15) is 23.2 Å². The predicted octanol–water partition coefficient (Wildman–Crippen LogP) is 5.53. The molecule has 0 unspecified atom stereocenters. The number of benzene rings is 3. The zero-order valence-electron chi connectivity index (χ0n) is 16.9. The van der Waals surface area contributed by atoms with Crippen LogP contribution in [0, 0.1) is 0 Å². The Morgan fingerprint density at radius 2 is 1.17 bits per heavy atom. The number of carbonyl (C=O) groups is 1. The average molecular weight is 403 g/mol. The van der Waals surface area contributed by atoms with E-state index in [1.165, 1.54) is 22.0 Å². The lowest BCUT2D eigenvalue weighted by Gasteiger charge is -2.29. The van der Waals surface area contributed by atoms with Gasteiger partial charge in [-0.1, -0.05) is 74.4 Å². The van der Waals surface area contributed by atoms with Crippen LogP contribution >= 0.6 is 7.26 Å². The Labute approximate surface area is 174 Å². The van der Waals surface area contributed by atoms with Gasteiger partial charge in [-0.2, -0.15) is 0 Å². The second-order valence-corrected chi connectivity index (χ2v) is 10.6. The summed E-state index contributed by atoms with van der Waals surface area (Å²) in [7, 11) is -2.28. The molecule has 0 radical (unpaired) electrons. The minimum absolute atomic E-state index is 0.784. The third-order valence-electron chi connectivity index (χ3n) is 5.19. The molecule has 0 fully saturated rings. The van der Waals surface area contributed by atoms with Crippen molar-refractivity contribution in [2.24, 2.45) is 0 Å². The van der Waals surface area contributed by atoms with Crippen LogP contribution < -0.4 is 15.9 Å². The Morgan fingerprint density at radius 1 is 0.759 bits per heavy atom.